The predicted molar refractivity (Wildman–Crippen MR) is 151 cm³/mol. The maximum atomic E-state index is 13.3. The number of amides is 1. The van der Waals surface area contributed by atoms with E-state index >= 15 is 0 Å². The van der Waals surface area contributed by atoms with E-state index in [0.717, 1.165) is 21.7 Å². The van der Waals surface area contributed by atoms with E-state index in [1.54, 1.807) is 43.3 Å². The number of sulfonamides is 1. The minimum Gasteiger partial charge on any atom is -0.459 e. The zero-order chi connectivity index (χ0) is 28.3. The Balaban J connectivity index is 1.63. The summed E-state index contributed by atoms with van der Waals surface area (Å²) in [6.07, 6.45) is 1.67. The average molecular weight is 550 g/mol. The highest BCUT2D eigenvalue weighted by Crippen LogP contribution is 2.31. The number of carbonyl (C=O) groups is 1. The van der Waals surface area contributed by atoms with Crippen molar-refractivity contribution in [2.45, 2.75) is 32.4 Å². The SMILES string of the molecule is Cc1ccc(CC(N)c2ccc(-c3cc(C(=O)NC(C)c4ccc(F)cc4)cc(N(C)S(C)(=O)=O)c3)o2)cc1. The van der Waals surface area contributed by atoms with Gasteiger partial charge in [0.05, 0.1) is 24.0 Å². The minimum absolute atomic E-state index is 0.244. The van der Waals surface area contributed by atoms with Crippen LogP contribution in [0.1, 0.15) is 51.8 Å². The van der Waals surface area contributed by atoms with E-state index in [1.807, 2.05) is 31.2 Å². The lowest BCUT2D eigenvalue weighted by Gasteiger charge is -2.20. The van der Waals surface area contributed by atoms with E-state index in [9.17, 15) is 17.6 Å². The molecular weight excluding hydrogens is 517 g/mol. The first-order valence-electron chi connectivity index (χ1n) is 12.5. The summed E-state index contributed by atoms with van der Waals surface area (Å²) >= 11 is 0. The fourth-order valence-electron chi connectivity index (χ4n) is 4.16. The molecule has 0 spiro atoms. The van der Waals surface area contributed by atoms with Gasteiger partial charge in [-0.25, -0.2) is 12.8 Å². The second kappa shape index (κ2) is 11.4. The van der Waals surface area contributed by atoms with Gasteiger partial charge in [0.1, 0.15) is 17.3 Å². The number of carbonyl (C=O) groups excluding carboxylic acids is 1. The molecule has 39 heavy (non-hydrogen) atoms. The van der Waals surface area contributed by atoms with E-state index in [1.165, 1.54) is 30.8 Å². The van der Waals surface area contributed by atoms with E-state index in [0.29, 0.717) is 29.2 Å². The number of benzene rings is 3. The number of hydrogen-bond donors (Lipinski definition) is 2. The van der Waals surface area contributed by atoms with Crippen LogP contribution in [0.3, 0.4) is 0 Å². The Bertz CT molecular complexity index is 1560. The topological polar surface area (TPSA) is 106 Å². The molecule has 204 valence electrons. The zero-order valence-electron chi connectivity index (χ0n) is 22.3. The molecule has 3 N–H and O–H groups in total. The fraction of sp³-hybridized carbons (Fsp3) is 0.233. The van der Waals surface area contributed by atoms with Crippen molar-refractivity contribution in [2.24, 2.45) is 5.73 Å². The van der Waals surface area contributed by atoms with Crippen molar-refractivity contribution in [3.05, 3.63) is 113 Å². The van der Waals surface area contributed by atoms with Crippen molar-refractivity contribution in [1.82, 2.24) is 5.32 Å². The van der Waals surface area contributed by atoms with Crippen LogP contribution in [0.5, 0.6) is 0 Å². The van der Waals surface area contributed by atoms with Gasteiger partial charge < -0.3 is 15.5 Å². The third-order valence-electron chi connectivity index (χ3n) is 6.61. The molecule has 2 unspecified atom stereocenters. The maximum Gasteiger partial charge on any atom is 0.251 e. The number of nitrogens with one attached hydrogen (secondary N) is 1. The first kappa shape index (κ1) is 28.1. The summed E-state index contributed by atoms with van der Waals surface area (Å²) < 4.78 is 45.1. The van der Waals surface area contributed by atoms with Crippen molar-refractivity contribution in [2.75, 3.05) is 17.6 Å². The second-order valence-corrected chi connectivity index (χ2v) is 11.8. The molecule has 0 fully saturated rings. The van der Waals surface area contributed by atoms with Crippen LogP contribution in [0.4, 0.5) is 10.1 Å². The van der Waals surface area contributed by atoms with Crippen molar-refractivity contribution >= 4 is 21.6 Å². The van der Waals surface area contributed by atoms with Crippen LogP contribution < -0.4 is 15.4 Å². The van der Waals surface area contributed by atoms with Crippen LogP contribution >= 0.6 is 0 Å². The molecule has 9 heteroatoms. The smallest absolute Gasteiger partial charge is 0.251 e. The van der Waals surface area contributed by atoms with Crippen molar-refractivity contribution in [3.8, 4) is 11.3 Å². The molecule has 1 aromatic heterocycles. The van der Waals surface area contributed by atoms with Gasteiger partial charge in [0.15, 0.2) is 0 Å². The summed E-state index contributed by atoms with van der Waals surface area (Å²) in [7, 11) is -2.18. The van der Waals surface area contributed by atoms with Crippen LogP contribution in [0.2, 0.25) is 0 Å². The van der Waals surface area contributed by atoms with E-state index in [-0.39, 0.29) is 17.4 Å². The van der Waals surface area contributed by atoms with Crippen molar-refractivity contribution in [1.29, 1.82) is 0 Å². The molecule has 7 nitrogen and oxygen atoms in total. The van der Waals surface area contributed by atoms with Gasteiger partial charge in [-0.3, -0.25) is 9.10 Å². The molecule has 1 amide bonds. The number of hydrogen-bond acceptors (Lipinski definition) is 5. The highest BCUT2D eigenvalue weighted by molar-refractivity contribution is 7.92. The second-order valence-electron chi connectivity index (χ2n) is 9.74. The Morgan fingerprint density at radius 3 is 2.33 bits per heavy atom. The Morgan fingerprint density at radius 1 is 1.03 bits per heavy atom. The van der Waals surface area contributed by atoms with Crippen LogP contribution in [0.25, 0.3) is 11.3 Å². The molecule has 0 saturated carbocycles. The van der Waals surface area contributed by atoms with Crippen LogP contribution in [-0.2, 0) is 16.4 Å². The molecule has 0 aliphatic heterocycles. The highest BCUT2D eigenvalue weighted by atomic mass is 32.2. The molecule has 2 atom stereocenters. The predicted octanol–water partition coefficient (Wildman–Crippen LogP) is 5.52. The molecule has 4 rings (SSSR count). The standard InChI is InChI=1S/C30H32FN3O4S/c1-19-5-7-21(8-6-19)15-27(32)29-14-13-28(38-29)23-16-24(18-26(17-23)34(3)39(4,36)37)30(35)33-20(2)22-9-11-25(31)12-10-22/h5-14,16-18,20,27H,15,32H2,1-4H3,(H,33,35). The van der Waals surface area contributed by atoms with Gasteiger partial charge in [-0.05, 0) is 73.9 Å². The van der Waals surface area contributed by atoms with Crippen LogP contribution in [0.15, 0.2) is 83.3 Å². The average Bonchev–Trinajstić information content (AvgIpc) is 3.40. The minimum atomic E-state index is -3.60. The van der Waals surface area contributed by atoms with Gasteiger partial charge in [0.2, 0.25) is 10.0 Å². The molecule has 0 aliphatic carbocycles. The molecule has 4 aromatic rings. The van der Waals surface area contributed by atoms with Crippen molar-refractivity contribution < 1.29 is 22.0 Å². The lowest BCUT2D eigenvalue weighted by molar-refractivity contribution is 0.0940. The van der Waals surface area contributed by atoms with Gasteiger partial charge in [-0.2, -0.15) is 0 Å². The summed E-state index contributed by atoms with van der Waals surface area (Å²) in [5.74, 6) is 0.242. The Labute approximate surface area is 228 Å². The number of anilines is 1. The number of furan rings is 1. The van der Waals surface area contributed by atoms with E-state index in [2.05, 4.69) is 5.32 Å². The third kappa shape index (κ3) is 6.93. The lowest BCUT2D eigenvalue weighted by atomic mass is 10.0. The molecule has 0 saturated heterocycles. The number of nitrogens with zero attached hydrogens (tertiary/aromatic N) is 1. The van der Waals surface area contributed by atoms with Gasteiger partial charge in [-0.1, -0.05) is 42.0 Å². The van der Waals surface area contributed by atoms with Gasteiger partial charge in [0.25, 0.3) is 5.91 Å². The summed E-state index contributed by atoms with van der Waals surface area (Å²) in [6.45, 7) is 3.81. The molecule has 1 heterocycles. The molecule has 0 radical (unpaired) electrons. The highest BCUT2D eigenvalue weighted by Gasteiger charge is 2.20. The summed E-state index contributed by atoms with van der Waals surface area (Å²) in [6, 6.07) is 21.5. The third-order valence-corrected chi connectivity index (χ3v) is 7.82. The van der Waals surface area contributed by atoms with E-state index < -0.39 is 22.0 Å². The molecule has 0 aliphatic rings. The van der Waals surface area contributed by atoms with Gasteiger partial charge in [0, 0.05) is 18.2 Å². The summed E-state index contributed by atoms with van der Waals surface area (Å²) in [5, 5.41) is 2.89. The summed E-state index contributed by atoms with van der Waals surface area (Å²) in [5.41, 5.74) is 10.5. The van der Waals surface area contributed by atoms with Crippen molar-refractivity contribution in [3.63, 3.8) is 0 Å². The monoisotopic (exact) mass is 549 g/mol. The quantitative estimate of drug-likeness (QED) is 0.286. The Kier molecular flexibility index (Phi) is 8.22. The fourth-order valence-corrected chi connectivity index (χ4v) is 4.65. The number of aryl methyl sites for hydroxylation is 1. The maximum absolute atomic E-state index is 13.3. The molecular formula is C30H32FN3O4S. The Morgan fingerprint density at radius 2 is 1.69 bits per heavy atom. The number of nitrogens with two attached hydrogens (primary N) is 1. The number of halogens is 1. The number of rotatable bonds is 9. The molecule has 3 aromatic carbocycles. The van der Waals surface area contributed by atoms with Crippen LogP contribution in [0, 0.1) is 12.7 Å². The zero-order valence-corrected chi connectivity index (χ0v) is 23.1. The van der Waals surface area contributed by atoms with Gasteiger partial charge >= 0.3 is 0 Å². The van der Waals surface area contributed by atoms with Gasteiger partial charge in [-0.15, -0.1) is 0 Å². The normalized spacial score (nSPS) is 13.1. The largest absolute Gasteiger partial charge is 0.459 e. The first-order chi connectivity index (χ1) is 18.4. The molecule has 0 bridgehead atoms. The lowest BCUT2D eigenvalue weighted by Crippen LogP contribution is -2.28. The first-order valence-corrected chi connectivity index (χ1v) is 14.3. The Hall–Kier alpha value is -3.95. The van der Waals surface area contributed by atoms with E-state index in [4.69, 9.17) is 10.2 Å². The summed E-state index contributed by atoms with van der Waals surface area (Å²) in [4.78, 5) is 13.2. The van der Waals surface area contributed by atoms with Crippen LogP contribution in [-0.4, -0.2) is 27.6 Å².